The van der Waals surface area contributed by atoms with E-state index in [9.17, 15) is 24.9 Å². The van der Waals surface area contributed by atoms with E-state index in [1.165, 1.54) is 40.9 Å². The molecule has 1 aromatic rings. The molecule has 2 saturated heterocycles. The molecule has 3 rings (SSSR count). The summed E-state index contributed by atoms with van der Waals surface area (Å²) in [5, 5.41) is 32.2. The number of rotatable bonds is 7. The Hall–Kier alpha value is -2.76. The lowest BCUT2D eigenvalue weighted by molar-refractivity contribution is -0.309. The fraction of sp³-hybridized carbons (Fsp3) is 0.520. The van der Waals surface area contributed by atoms with Crippen LogP contribution in [0.5, 0.6) is 5.75 Å². The number of carbonyl (C=O) groups is 1. The zero-order valence-corrected chi connectivity index (χ0v) is 20.6. The minimum Gasteiger partial charge on any atom is -0.496 e. The largest absolute Gasteiger partial charge is 0.496 e. The van der Waals surface area contributed by atoms with E-state index < -0.39 is 53.0 Å². The van der Waals surface area contributed by atoms with Gasteiger partial charge in [0.2, 0.25) is 5.79 Å². The third-order valence-electron chi connectivity index (χ3n) is 6.56. The van der Waals surface area contributed by atoms with Crippen LogP contribution in [-0.2, 0) is 19.0 Å². The van der Waals surface area contributed by atoms with Crippen molar-refractivity contribution < 1.29 is 43.5 Å². The molecule has 0 spiro atoms. The molecule has 192 valence electrons. The number of fused-ring (bicyclic) bond motifs is 2. The zero-order chi connectivity index (χ0) is 26.2. The van der Waals surface area contributed by atoms with Gasteiger partial charge in [0.05, 0.1) is 13.2 Å². The van der Waals surface area contributed by atoms with Gasteiger partial charge < -0.3 is 38.7 Å². The third-order valence-corrected chi connectivity index (χ3v) is 6.56. The van der Waals surface area contributed by atoms with Gasteiger partial charge in [-0.1, -0.05) is 30.4 Å². The molecule has 2 aliphatic heterocycles. The van der Waals surface area contributed by atoms with Crippen LogP contribution in [0, 0.1) is 6.92 Å². The van der Waals surface area contributed by atoms with Crippen molar-refractivity contribution in [3.63, 3.8) is 0 Å². The number of esters is 1. The molecule has 10 nitrogen and oxygen atoms in total. The first-order valence-corrected chi connectivity index (χ1v) is 11.1. The van der Waals surface area contributed by atoms with Crippen molar-refractivity contribution in [3.05, 3.63) is 58.2 Å². The Morgan fingerprint density at radius 1 is 1.23 bits per heavy atom. The van der Waals surface area contributed by atoms with Crippen LogP contribution in [0.2, 0.25) is 0 Å². The summed E-state index contributed by atoms with van der Waals surface area (Å²) < 4.78 is 27.5. The Bertz CT molecular complexity index is 1100. The summed E-state index contributed by atoms with van der Waals surface area (Å²) >= 11 is 0. The fourth-order valence-electron chi connectivity index (χ4n) is 4.64. The standard InChI is InChI=1S/C25H32O10/c1-14-17(33-20(28)13-19(14)31-6)11-9-7-8-10-12-18-21(32-16(3)27)23(4)22(29)24(5,34-18)25(30,35-23)15(2)26/h7-13,15,18,21-22,26,29-30H,1-6H3/t15-,18-,21-,22-,23+,24+,25+/m0/s1. The molecule has 0 saturated carbocycles. The normalized spacial score (nSPS) is 35.7. The Morgan fingerprint density at radius 3 is 2.49 bits per heavy atom. The Balaban J connectivity index is 1.84. The van der Waals surface area contributed by atoms with Crippen molar-refractivity contribution in [2.75, 3.05) is 7.11 Å². The van der Waals surface area contributed by atoms with Crippen LogP contribution in [0.3, 0.4) is 0 Å². The van der Waals surface area contributed by atoms with Gasteiger partial charge in [0.1, 0.15) is 35.4 Å². The minimum absolute atomic E-state index is 0.356. The molecular weight excluding hydrogens is 460 g/mol. The van der Waals surface area contributed by atoms with Crippen LogP contribution < -0.4 is 10.4 Å². The van der Waals surface area contributed by atoms with E-state index in [-0.39, 0.29) is 0 Å². The van der Waals surface area contributed by atoms with Gasteiger partial charge in [0, 0.05) is 12.5 Å². The molecule has 0 aromatic carbocycles. The molecule has 3 N–H and O–H groups in total. The van der Waals surface area contributed by atoms with E-state index in [0.717, 1.165) is 0 Å². The first kappa shape index (κ1) is 26.8. The average Bonchev–Trinajstić information content (AvgIpc) is 2.88. The van der Waals surface area contributed by atoms with Crippen molar-refractivity contribution in [2.45, 2.75) is 76.0 Å². The highest BCUT2D eigenvalue weighted by atomic mass is 16.7. The van der Waals surface area contributed by atoms with E-state index in [4.69, 9.17) is 23.4 Å². The second-order valence-electron chi connectivity index (χ2n) is 9.03. The highest BCUT2D eigenvalue weighted by Crippen LogP contribution is 2.55. The molecule has 35 heavy (non-hydrogen) atoms. The Labute approximate surface area is 203 Å². The molecule has 0 aliphatic carbocycles. The Kier molecular flexibility index (Phi) is 7.45. The second kappa shape index (κ2) is 9.71. The van der Waals surface area contributed by atoms with Crippen molar-refractivity contribution in [1.82, 2.24) is 0 Å². The summed E-state index contributed by atoms with van der Waals surface area (Å²) in [7, 11) is 1.47. The average molecular weight is 493 g/mol. The number of methoxy groups -OCH3 is 1. The number of ether oxygens (including phenoxy) is 4. The molecule has 7 atom stereocenters. The summed E-state index contributed by atoms with van der Waals surface area (Å²) in [6.07, 6.45) is 5.01. The molecule has 0 unspecified atom stereocenters. The maximum absolute atomic E-state index is 11.8. The molecule has 3 heterocycles. The van der Waals surface area contributed by atoms with E-state index in [2.05, 4.69) is 0 Å². The summed E-state index contributed by atoms with van der Waals surface area (Å²) in [6.45, 7) is 7.22. The van der Waals surface area contributed by atoms with E-state index in [0.29, 0.717) is 17.1 Å². The molecule has 2 bridgehead atoms. The van der Waals surface area contributed by atoms with Crippen molar-refractivity contribution in [3.8, 4) is 5.75 Å². The predicted octanol–water partition coefficient (Wildman–Crippen LogP) is 1.39. The predicted molar refractivity (Wildman–Crippen MR) is 125 cm³/mol. The Morgan fingerprint density at radius 2 is 1.89 bits per heavy atom. The van der Waals surface area contributed by atoms with Crippen molar-refractivity contribution in [2.24, 2.45) is 0 Å². The maximum Gasteiger partial charge on any atom is 0.339 e. The zero-order valence-electron chi connectivity index (χ0n) is 20.6. The topological polar surface area (TPSA) is 145 Å². The number of hydrogen-bond acceptors (Lipinski definition) is 10. The highest BCUT2D eigenvalue weighted by molar-refractivity contribution is 5.66. The van der Waals surface area contributed by atoms with Crippen molar-refractivity contribution in [1.29, 1.82) is 0 Å². The molecule has 1 aromatic heterocycles. The van der Waals surface area contributed by atoms with E-state index >= 15 is 0 Å². The number of allylic oxidation sites excluding steroid dienone is 4. The van der Waals surface area contributed by atoms with Crippen LogP contribution in [0.25, 0.3) is 6.08 Å². The van der Waals surface area contributed by atoms with Crippen LogP contribution in [0.1, 0.15) is 39.0 Å². The summed E-state index contributed by atoms with van der Waals surface area (Å²) in [4.78, 5) is 23.4. The van der Waals surface area contributed by atoms with Gasteiger partial charge in [-0.2, -0.15) is 0 Å². The minimum atomic E-state index is -2.24. The molecule has 2 aliphatic rings. The molecule has 2 fully saturated rings. The number of aliphatic hydroxyl groups is 3. The van der Waals surface area contributed by atoms with E-state index in [1.54, 1.807) is 43.4 Å². The van der Waals surface area contributed by atoms with Gasteiger partial charge >= 0.3 is 11.6 Å². The summed E-state index contributed by atoms with van der Waals surface area (Å²) in [5.74, 6) is -2.08. The van der Waals surface area contributed by atoms with Gasteiger partial charge in [0.25, 0.3) is 0 Å². The van der Waals surface area contributed by atoms with Gasteiger partial charge in [-0.15, -0.1) is 0 Å². The van der Waals surface area contributed by atoms with Crippen LogP contribution in [0.4, 0.5) is 0 Å². The lowest BCUT2D eigenvalue weighted by Gasteiger charge is -2.47. The first-order valence-electron chi connectivity index (χ1n) is 11.1. The van der Waals surface area contributed by atoms with Crippen LogP contribution in [-0.4, -0.2) is 69.8 Å². The second-order valence-corrected chi connectivity index (χ2v) is 9.03. The molecule has 10 heteroatoms. The van der Waals surface area contributed by atoms with Gasteiger partial charge in [0.15, 0.2) is 11.7 Å². The van der Waals surface area contributed by atoms with Gasteiger partial charge in [-0.3, -0.25) is 4.79 Å². The summed E-state index contributed by atoms with van der Waals surface area (Å²) in [5.41, 5.74) is -3.11. The first-order chi connectivity index (χ1) is 16.3. The van der Waals surface area contributed by atoms with E-state index in [1.807, 2.05) is 0 Å². The lowest BCUT2D eigenvalue weighted by atomic mass is 9.76. The third kappa shape index (κ3) is 4.60. The molecule has 0 amide bonds. The van der Waals surface area contributed by atoms with Crippen LogP contribution >= 0.6 is 0 Å². The quantitative estimate of drug-likeness (QED) is 0.377. The monoisotopic (exact) mass is 492 g/mol. The van der Waals surface area contributed by atoms with Gasteiger partial charge in [-0.05, 0) is 33.8 Å². The van der Waals surface area contributed by atoms with Gasteiger partial charge in [-0.25, -0.2) is 4.79 Å². The SMILES string of the molecule is COc1cc(=O)oc(C=CC=CC=C[C@@H]2O[C@]3(C)[C@@H](O)[C@](C)(O[C@]3(O)[C@H](C)O)[C@H]2OC(C)=O)c1C. The molecule has 0 radical (unpaired) electrons. The number of aliphatic hydroxyl groups excluding tert-OH is 2. The summed E-state index contributed by atoms with van der Waals surface area (Å²) in [6, 6.07) is 1.27. The highest BCUT2D eigenvalue weighted by Gasteiger charge is 2.77. The number of hydrogen-bond donors (Lipinski definition) is 3. The van der Waals surface area contributed by atoms with Crippen molar-refractivity contribution >= 4 is 12.0 Å². The molecular formula is C25H32O10. The lowest BCUT2D eigenvalue weighted by Crippen LogP contribution is -2.68. The number of carbonyl (C=O) groups excluding carboxylic acids is 1. The maximum atomic E-state index is 11.8. The fourth-order valence-corrected chi connectivity index (χ4v) is 4.64. The smallest absolute Gasteiger partial charge is 0.339 e. The van der Waals surface area contributed by atoms with Crippen LogP contribution in [0.15, 0.2) is 45.7 Å².